The van der Waals surface area contributed by atoms with Gasteiger partial charge in [-0.25, -0.2) is 0 Å². The highest BCUT2D eigenvalue weighted by Crippen LogP contribution is 2.34. The van der Waals surface area contributed by atoms with E-state index < -0.39 is 0 Å². The first-order chi connectivity index (χ1) is 8.74. The lowest BCUT2D eigenvalue weighted by atomic mass is 9.80. The molecule has 0 amide bonds. The second-order valence-electron chi connectivity index (χ2n) is 4.62. The fourth-order valence-electron chi connectivity index (χ4n) is 2.60. The first kappa shape index (κ1) is 12.6. The third kappa shape index (κ3) is 2.70. The van der Waals surface area contributed by atoms with Crippen LogP contribution in [0.2, 0.25) is 0 Å². The molecule has 0 aromatic heterocycles. The van der Waals surface area contributed by atoms with Crippen LogP contribution in [0.5, 0.6) is 0 Å². The molecule has 0 saturated heterocycles. The molecule has 1 aliphatic rings. The van der Waals surface area contributed by atoms with E-state index in [1.807, 2.05) is 25.1 Å². The second kappa shape index (κ2) is 5.68. The molecule has 1 unspecified atom stereocenters. The summed E-state index contributed by atoms with van der Waals surface area (Å²) in [7, 11) is 0. The lowest BCUT2D eigenvalue weighted by Crippen LogP contribution is -2.15. The molecule has 0 bridgehead atoms. The van der Waals surface area contributed by atoms with Gasteiger partial charge in [0.2, 0.25) is 0 Å². The molecular weight excluding hydrogens is 226 g/mol. The zero-order valence-electron chi connectivity index (χ0n) is 10.6. The van der Waals surface area contributed by atoms with Crippen molar-refractivity contribution in [2.24, 2.45) is 0 Å². The molecule has 1 atom stereocenters. The van der Waals surface area contributed by atoms with Crippen LogP contribution in [0.15, 0.2) is 18.2 Å². The number of carbonyl (C=O) groups is 1. The number of esters is 1. The van der Waals surface area contributed by atoms with Crippen molar-refractivity contribution in [3.05, 3.63) is 34.9 Å². The van der Waals surface area contributed by atoms with Crippen LogP contribution >= 0.6 is 0 Å². The summed E-state index contributed by atoms with van der Waals surface area (Å²) < 4.78 is 5.01. The molecule has 0 radical (unpaired) electrons. The fourth-order valence-corrected chi connectivity index (χ4v) is 2.60. The summed E-state index contributed by atoms with van der Waals surface area (Å²) in [5.74, 6) is 0.0683. The molecule has 0 saturated carbocycles. The molecule has 1 aliphatic carbocycles. The molecular formula is C15H17NO2. The summed E-state index contributed by atoms with van der Waals surface area (Å²) in [6.45, 7) is 2.25. The summed E-state index contributed by atoms with van der Waals surface area (Å²) in [4.78, 5) is 11.6. The summed E-state index contributed by atoms with van der Waals surface area (Å²) in [6, 6.07) is 7.96. The van der Waals surface area contributed by atoms with Crippen molar-refractivity contribution < 1.29 is 9.53 Å². The Morgan fingerprint density at radius 3 is 3.11 bits per heavy atom. The maximum Gasteiger partial charge on any atom is 0.306 e. The molecule has 0 N–H and O–H groups in total. The van der Waals surface area contributed by atoms with Crippen molar-refractivity contribution in [1.29, 1.82) is 5.26 Å². The SMILES string of the molecule is CCOC(=O)CC1CCCc2ccc(C#N)cc21. The quantitative estimate of drug-likeness (QED) is 0.767. The normalized spacial score (nSPS) is 17.7. The Balaban J connectivity index is 2.21. The number of nitrogens with zero attached hydrogens (tertiary/aromatic N) is 1. The average Bonchev–Trinajstić information content (AvgIpc) is 2.39. The minimum Gasteiger partial charge on any atom is -0.466 e. The van der Waals surface area contributed by atoms with Crippen molar-refractivity contribution in [1.82, 2.24) is 0 Å². The van der Waals surface area contributed by atoms with E-state index in [9.17, 15) is 4.79 Å². The maximum atomic E-state index is 11.6. The van der Waals surface area contributed by atoms with Crippen LogP contribution in [0.4, 0.5) is 0 Å². The maximum absolute atomic E-state index is 11.6. The molecule has 18 heavy (non-hydrogen) atoms. The van der Waals surface area contributed by atoms with Gasteiger partial charge in [-0.15, -0.1) is 0 Å². The Bertz CT molecular complexity index is 488. The van der Waals surface area contributed by atoms with E-state index in [1.165, 1.54) is 5.56 Å². The fraction of sp³-hybridized carbons (Fsp3) is 0.467. The summed E-state index contributed by atoms with van der Waals surface area (Å²) in [5.41, 5.74) is 3.10. The summed E-state index contributed by atoms with van der Waals surface area (Å²) in [6.07, 6.45) is 3.57. The van der Waals surface area contributed by atoms with Crippen LogP contribution in [0.1, 0.15) is 48.8 Å². The van der Waals surface area contributed by atoms with Gasteiger partial charge in [0.15, 0.2) is 0 Å². The number of ether oxygens (including phenoxy) is 1. The minimum atomic E-state index is -0.141. The van der Waals surface area contributed by atoms with Crippen LogP contribution in [0, 0.1) is 11.3 Å². The number of hydrogen-bond donors (Lipinski definition) is 0. The Morgan fingerprint density at radius 2 is 2.39 bits per heavy atom. The Labute approximate surface area is 107 Å². The highest BCUT2D eigenvalue weighted by atomic mass is 16.5. The van der Waals surface area contributed by atoms with Crippen molar-refractivity contribution in [2.75, 3.05) is 6.61 Å². The van der Waals surface area contributed by atoms with Gasteiger partial charge in [-0.2, -0.15) is 5.26 Å². The van der Waals surface area contributed by atoms with Gasteiger partial charge in [-0.1, -0.05) is 6.07 Å². The van der Waals surface area contributed by atoms with Gasteiger partial charge in [0.25, 0.3) is 0 Å². The molecule has 0 fully saturated rings. The molecule has 94 valence electrons. The lowest BCUT2D eigenvalue weighted by molar-refractivity contribution is -0.143. The van der Waals surface area contributed by atoms with E-state index in [-0.39, 0.29) is 11.9 Å². The van der Waals surface area contributed by atoms with Gasteiger partial charge < -0.3 is 4.74 Å². The predicted molar refractivity (Wildman–Crippen MR) is 68.1 cm³/mol. The van der Waals surface area contributed by atoms with Gasteiger partial charge in [-0.3, -0.25) is 4.79 Å². The minimum absolute atomic E-state index is 0.141. The van der Waals surface area contributed by atoms with Crippen molar-refractivity contribution >= 4 is 5.97 Å². The van der Waals surface area contributed by atoms with Crippen molar-refractivity contribution in [3.63, 3.8) is 0 Å². The zero-order valence-corrected chi connectivity index (χ0v) is 10.6. The monoisotopic (exact) mass is 243 g/mol. The number of rotatable bonds is 3. The Hall–Kier alpha value is -1.82. The molecule has 2 rings (SSSR count). The number of carbonyl (C=O) groups excluding carboxylic acids is 1. The highest BCUT2D eigenvalue weighted by molar-refractivity contribution is 5.70. The number of fused-ring (bicyclic) bond motifs is 1. The first-order valence-corrected chi connectivity index (χ1v) is 6.43. The first-order valence-electron chi connectivity index (χ1n) is 6.43. The third-order valence-electron chi connectivity index (χ3n) is 3.43. The largest absolute Gasteiger partial charge is 0.466 e. The lowest BCUT2D eigenvalue weighted by Gasteiger charge is -2.25. The van der Waals surface area contributed by atoms with Crippen molar-refractivity contribution in [3.8, 4) is 6.07 Å². The van der Waals surface area contributed by atoms with E-state index in [1.54, 1.807) is 0 Å². The van der Waals surface area contributed by atoms with Crippen molar-refractivity contribution in [2.45, 2.75) is 38.5 Å². The molecule has 1 aromatic carbocycles. The third-order valence-corrected chi connectivity index (χ3v) is 3.43. The van der Waals surface area contributed by atoms with E-state index in [0.717, 1.165) is 24.8 Å². The zero-order chi connectivity index (χ0) is 13.0. The number of hydrogen-bond acceptors (Lipinski definition) is 3. The van der Waals surface area contributed by atoms with E-state index in [2.05, 4.69) is 6.07 Å². The predicted octanol–water partition coefficient (Wildman–Crippen LogP) is 2.93. The summed E-state index contributed by atoms with van der Waals surface area (Å²) in [5, 5.41) is 8.95. The number of aryl methyl sites for hydroxylation is 1. The van der Waals surface area contributed by atoms with Gasteiger partial charge in [0.05, 0.1) is 24.7 Å². The average molecular weight is 243 g/mol. The van der Waals surface area contributed by atoms with Crippen LogP contribution in [0.3, 0.4) is 0 Å². The molecule has 3 nitrogen and oxygen atoms in total. The van der Waals surface area contributed by atoms with E-state index >= 15 is 0 Å². The second-order valence-corrected chi connectivity index (χ2v) is 4.62. The number of nitriles is 1. The molecule has 0 spiro atoms. The molecule has 1 aromatic rings. The van der Waals surface area contributed by atoms with Crippen LogP contribution in [-0.2, 0) is 16.0 Å². The summed E-state index contributed by atoms with van der Waals surface area (Å²) >= 11 is 0. The van der Waals surface area contributed by atoms with E-state index in [0.29, 0.717) is 18.6 Å². The molecule has 0 heterocycles. The van der Waals surface area contributed by atoms with Crippen LogP contribution in [-0.4, -0.2) is 12.6 Å². The van der Waals surface area contributed by atoms with Gasteiger partial charge >= 0.3 is 5.97 Å². The van der Waals surface area contributed by atoms with Crippen LogP contribution in [0.25, 0.3) is 0 Å². The Kier molecular flexibility index (Phi) is 3.99. The van der Waals surface area contributed by atoms with Gasteiger partial charge in [-0.05, 0) is 55.4 Å². The standard InChI is InChI=1S/C15H17NO2/c1-2-18-15(17)9-13-5-3-4-12-7-6-11(10-16)8-14(12)13/h6-8,13H,2-5,9H2,1H3. The molecule has 0 aliphatic heterocycles. The van der Waals surface area contributed by atoms with E-state index in [4.69, 9.17) is 10.00 Å². The number of benzene rings is 1. The smallest absolute Gasteiger partial charge is 0.306 e. The Morgan fingerprint density at radius 1 is 1.56 bits per heavy atom. The van der Waals surface area contributed by atoms with Gasteiger partial charge in [0, 0.05) is 0 Å². The van der Waals surface area contributed by atoms with Gasteiger partial charge in [0.1, 0.15) is 0 Å². The topological polar surface area (TPSA) is 50.1 Å². The highest BCUT2D eigenvalue weighted by Gasteiger charge is 2.23. The molecule has 3 heteroatoms. The van der Waals surface area contributed by atoms with Crippen LogP contribution < -0.4 is 0 Å².